The van der Waals surface area contributed by atoms with Crippen LogP contribution in [0.4, 0.5) is 0 Å². The summed E-state index contributed by atoms with van der Waals surface area (Å²) in [5.74, 6) is 0. The number of hydrogen-bond acceptors (Lipinski definition) is 3. The first-order chi connectivity index (χ1) is 8.74. The standard InChI is InChI=1S/C14H26N4/c1-4-6-13-10-15-7-8-17(13)11-14-9-12(3)16-18(14)5-2/h9,13,15H,4-8,10-11H2,1-3H3. The number of rotatable bonds is 5. The number of nitrogens with one attached hydrogen (secondary N) is 1. The SMILES string of the molecule is CCCC1CNCCN1Cc1cc(C)nn1CC. The first-order valence-corrected chi connectivity index (χ1v) is 7.22. The molecule has 4 heteroatoms. The van der Waals surface area contributed by atoms with Crippen LogP contribution >= 0.6 is 0 Å². The molecule has 0 spiro atoms. The molecular formula is C14H26N4. The fourth-order valence-electron chi connectivity index (χ4n) is 2.84. The zero-order valence-electron chi connectivity index (χ0n) is 11.9. The summed E-state index contributed by atoms with van der Waals surface area (Å²) in [6, 6.07) is 2.92. The third kappa shape index (κ3) is 3.12. The molecule has 0 radical (unpaired) electrons. The fraction of sp³-hybridized carbons (Fsp3) is 0.786. The van der Waals surface area contributed by atoms with Gasteiger partial charge in [0.15, 0.2) is 0 Å². The van der Waals surface area contributed by atoms with E-state index in [1.807, 2.05) is 0 Å². The molecule has 1 aromatic rings. The molecule has 1 fully saturated rings. The van der Waals surface area contributed by atoms with Crippen molar-refractivity contribution in [1.29, 1.82) is 0 Å². The van der Waals surface area contributed by atoms with Crippen LogP contribution in [0.1, 0.15) is 38.1 Å². The Labute approximate surface area is 110 Å². The van der Waals surface area contributed by atoms with Crippen LogP contribution in [0.2, 0.25) is 0 Å². The average Bonchev–Trinajstić information content (AvgIpc) is 2.72. The van der Waals surface area contributed by atoms with Crippen molar-refractivity contribution in [1.82, 2.24) is 20.0 Å². The molecule has 102 valence electrons. The van der Waals surface area contributed by atoms with Crippen LogP contribution in [0, 0.1) is 6.92 Å². The fourth-order valence-corrected chi connectivity index (χ4v) is 2.84. The Balaban J connectivity index is 2.05. The second kappa shape index (κ2) is 6.34. The molecule has 1 unspecified atom stereocenters. The lowest BCUT2D eigenvalue weighted by molar-refractivity contribution is 0.140. The summed E-state index contributed by atoms with van der Waals surface area (Å²) >= 11 is 0. The van der Waals surface area contributed by atoms with Gasteiger partial charge in [-0.25, -0.2) is 0 Å². The van der Waals surface area contributed by atoms with Gasteiger partial charge in [-0.2, -0.15) is 5.10 Å². The van der Waals surface area contributed by atoms with E-state index in [-0.39, 0.29) is 0 Å². The van der Waals surface area contributed by atoms with Gasteiger partial charge in [-0.05, 0) is 26.3 Å². The zero-order valence-corrected chi connectivity index (χ0v) is 11.9. The van der Waals surface area contributed by atoms with Crippen molar-refractivity contribution < 1.29 is 0 Å². The highest BCUT2D eigenvalue weighted by molar-refractivity contribution is 5.09. The van der Waals surface area contributed by atoms with Crippen LogP contribution in [-0.2, 0) is 13.1 Å². The van der Waals surface area contributed by atoms with Gasteiger partial charge in [0.25, 0.3) is 0 Å². The van der Waals surface area contributed by atoms with E-state index in [9.17, 15) is 0 Å². The lowest BCUT2D eigenvalue weighted by Gasteiger charge is -2.36. The molecular weight excluding hydrogens is 224 g/mol. The van der Waals surface area contributed by atoms with E-state index in [4.69, 9.17) is 0 Å². The summed E-state index contributed by atoms with van der Waals surface area (Å²) < 4.78 is 2.14. The molecule has 4 nitrogen and oxygen atoms in total. The van der Waals surface area contributed by atoms with Crippen molar-refractivity contribution in [2.45, 2.75) is 52.7 Å². The zero-order chi connectivity index (χ0) is 13.0. The molecule has 1 saturated heterocycles. The summed E-state index contributed by atoms with van der Waals surface area (Å²) in [4.78, 5) is 2.61. The molecule has 1 aliphatic heterocycles. The van der Waals surface area contributed by atoms with Crippen molar-refractivity contribution in [3.63, 3.8) is 0 Å². The van der Waals surface area contributed by atoms with Crippen LogP contribution in [-0.4, -0.2) is 40.4 Å². The summed E-state index contributed by atoms with van der Waals surface area (Å²) in [5.41, 5.74) is 2.49. The minimum absolute atomic E-state index is 0.685. The summed E-state index contributed by atoms with van der Waals surface area (Å²) in [7, 11) is 0. The minimum Gasteiger partial charge on any atom is -0.314 e. The number of aromatic nitrogens is 2. The number of hydrogen-bond donors (Lipinski definition) is 1. The van der Waals surface area contributed by atoms with Crippen LogP contribution < -0.4 is 5.32 Å². The molecule has 0 saturated carbocycles. The quantitative estimate of drug-likeness (QED) is 0.865. The predicted molar refractivity (Wildman–Crippen MR) is 74.6 cm³/mol. The third-order valence-corrected chi connectivity index (χ3v) is 3.74. The third-order valence-electron chi connectivity index (χ3n) is 3.74. The molecule has 2 rings (SSSR count). The molecule has 1 N–H and O–H groups in total. The van der Waals surface area contributed by atoms with Crippen LogP contribution in [0.15, 0.2) is 6.07 Å². The van der Waals surface area contributed by atoms with Crippen molar-refractivity contribution in [2.24, 2.45) is 0 Å². The van der Waals surface area contributed by atoms with Gasteiger partial charge in [-0.15, -0.1) is 0 Å². The van der Waals surface area contributed by atoms with Crippen LogP contribution in [0.3, 0.4) is 0 Å². The molecule has 0 amide bonds. The first kappa shape index (κ1) is 13.6. The van der Waals surface area contributed by atoms with Gasteiger partial charge in [0, 0.05) is 38.8 Å². The second-order valence-corrected chi connectivity index (χ2v) is 5.21. The Kier molecular flexibility index (Phi) is 4.78. The van der Waals surface area contributed by atoms with Gasteiger partial charge in [0.05, 0.1) is 11.4 Å². The molecule has 18 heavy (non-hydrogen) atoms. The maximum atomic E-state index is 4.54. The van der Waals surface area contributed by atoms with E-state index in [1.165, 1.54) is 18.5 Å². The Morgan fingerprint density at radius 1 is 1.44 bits per heavy atom. The van der Waals surface area contributed by atoms with Gasteiger partial charge >= 0.3 is 0 Å². The molecule has 1 atom stereocenters. The summed E-state index contributed by atoms with van der Waals surface area (Å²) in [6.07, 6.45) is 2.54. The number of aryl methyl sites for hydroxylation is 2. The molecule has 0 aliphatic carbocycles. The lowest BCUT2D eigenvalue weighted by Crippen LogP contribution is -2.50. The largest absolute Gasteiger partial charge is 0.314 e. The Morgan fingerprint density at radius 3 is 3.00 bits per heavy atom. The lowest BCUT2D eigenvalue weighted by atomic mass is 10.1. The highest BCUT2D eigenvalue weighted by Crippen LogP contribution is 2.15. The van der Waals surface area contributed by atoms with E-state index in [1.54, 1.807) is 0 Å². The highest BCUT2D eigenvalue weighted by atomic mass is 15.3. The maximum Gasteiger partial charge on any atom is 0.0597 e. The Morgan fingerprint density at radius 2 is 2.28 bits per heavy atom. The molecule has 0 aromatic carbocycles. The van der Waals surface area contributed by atoms with E-state index in [0.717, 1.165) is 38.4 Å². The Hall–Kier alpha value is -0.870. The molecule has 1 aromatic heterocycles. The van der Waals surface area contributed by atoms with Gasteiger partial charge in [-0.1, -0.05) is 13.3 Å². The van der Waals surface area contributed by atoms with Crippen LogP contribution in [0.5, 0.6) is 0 Å². The minimum atomic E-state index is 0.685. The highest BCUT2D eigenvalue weighted by Gasteiger charge is 2.22. The van der Waals surface area contributed by atoms with Crippen LogP contribution in [0.25, 0.3) is 0 Å². The van der Waals surface area contributed by atoms with E-state index < -0.39 is 0 Å². The van der Waals surface area contributed by atoms with E-state index >= 15 is 0 Å². The van der Waals surface area contributed by atoms with E-state index in [2.05, 4.69) is 46.8 Å². The molecule has 1 aliphatic rings. The van der Waals surface area contributed by atoms with Crippen molar-refractivity contribution in [3.05, 3.63) is 17.5 Å². The van der Waals surface area contributed by atoms with Gasteiger partial charge in [0.1, 0.15) is 0 Å². The van der Waals surface area contributed by atoms with Crippen molar-refractivity contribution >= 4 is 0 Å². The van der Waals surface area contributed by atoms with Crippen molar-refractivity contribution in [3.8, 4) is 0 Å². The van der Waals surface area contributed by atoms with Gasteiger partial charge in [-0.3, -0.25) is 9.58 Å². The molecule has 2 heterocycles. The van der Waals surface area contributed by atoms with Crippen molar-refractivity contribution in [2.75, 3.05) is 19.6 Å². The predicted octanol–water partition coefficient (Wildman–Crippen LogP) is 1.79. The summed E-state index contributed by atoms with van der Waals surface area (Å²) in [5, 5.41) is 8.05. The average molecular weight is 250 g/mol. The second-order valence-electron chi connectivity index (χ2n) is 5.21. The monoisotopic (exact) mass is 250 g/mol. The number of piperazine rings is 1. The van der Waals surface area contributed by atoms with Gasteiger partial charge in [0.2, 0.25) is 0 Å². The maximum absolute atomic E-state index is 4.54. The number of nitrogens with zero attached hydrogens (tertiary/aromatic N) is 3. The smallest absolute Gasteiger partial charge is 0.0597 e. The van der Waals surface area contributed by atoms with E-state index in [0.29, 0.717) is 6.04 Å². The first-order valence-electron chi connectivity index (χ1n) is 7.22. The summed E-state index contributed by atoms with van der Waals surface area (Å²) in [6.45, 7) is 11.9. The normalized spacial score (nSPS) is 21.4. The topological polar surface area (TPSA) is 33.1 Å². The Bertz CT molecular complexity index is 370. The van der Waals surface area contributed by atoms with Gasteiger partial charge < -0.3 is 5.32 Å². The molecule has 0 bridgehead atoms.